The van der Waals surface area contributed by atoms with Crippen LogP contribution in [0.15, 0.2) is 18.2 Å². The van der Waals surface area contributed by atoms with Crippen molar-refractivity contribution in [3.8, 4) is 5.88 Å². The van der Waals surface area contributed by atoms with Gasteiger partial charge in [-0.05, 0) is 25.5 Å². The second kappa shape index (κ2) is 9.00. The fraction of sp³-hybridized carbons (Fsp3) is 0.625. The molecule has 2 rings (SSSR count). The van der Waals surface area contributed by atoms with Crippen LogP contribution in [0.25, 0.3) is 0 Å². The first-order chi connectivity index (χ1) is 11.9. The van der Waals surface area contributed by atoms with Gasteiger partial charge in [0.1, 0.15) is 5.69 Å². The number of likely N-dealkylation sites (tertiary alicyclic amines) is 1. The fourth-order valence-corrected chi connectivity index (χ4v) is 2.63. The number of aromatic nitrogens is 1. The van der Waals surface area contributed by atoms with Gasteiger partial charge in [-0.15, -0.1) is 0 Å². The van der Waals surface area contributed by atoms with Crippen molar-refractivity contribution in [3.05, 3.63) is 23.9 Å². The lowest BCUT2D eigenvalue weighted by Crippen LogP contribution is -2.48. The van der Waals surface area contributed by atoms with Gasteiger partial charge in [0.05, 0.1) is 6.61 Å². The lowest BCUT2D eigenvalue weighted by molar-refractivity contribution is -0.154. The van der Waals surface area contributed by atoms with Crippen molar-refractivity contribution in [2.24, 2.45) is 0 Å². The minimum atomic E-state index is -4.45. The number of piperidine rings is 1. The van der Waals surface area contributed by atoms with Gasteiger partial charge in [-0.1, -0.05) is 6.07 Å². The number of hydrogen-bond acceptors (Lipinski definition) is 5. The standard InChI is InChI=1S/C16H22F3N3O3/c1-24-9-8-22-7-3-4-12(10-22)20-15(23)13-5-2-6-14(21-13)25-11-16(17,18)19/h2,5-6,12H,3-4,7-11H2,1H3,(H,20,23). The predicted octanol–water partition coefficient (Wildman–Crippen LogP) is 1.86. The lowest BCUT2D eigenvalue weighted by atomic mass is 10.1. The van der Waals surface area contributed by atoms with Gasteiger partial charge in [0.25, 0.3) is 5.91 Å². The Hall–Kier alpha value is -1.87. The van der Waals surface area contributed by atoms with Gasteiger partial charge in [0.2, 0.25) is 5.88 Å². The summed E-state index contributed by atoms with van der Waals surface area (Å²) in [7, 11) is 1.64. The van der Waals surface area contributed by atoms with E-state index in [0.29, 0.717) is 13.2 Å². The zero-order valence-corrected chi connectivity index (χ0v) is 14.0. The molecule has 1 fully saturated rings. The summed E-state index contributed by atoms with van der Waals surface area (Å²) in [5.41, 5.74) is 0.0358. The van der Waals surface area contributed by atoms with Gasteiger partial charge >= 0.3 is 6.18 Å². The zero-order chi connectivity index (χ0) is 18.3. The molecule has 1 aliphatic rings. The summed E-state index contributed by atoms with van der Waals surface area (Å²) in [6.45, 7) is 1.64. The predicted molar refractivity (Wildman–Crippen MR) is 84.6 cm³/mol. The Morgan fingerprint density at radius 3 is 2.96 bits per heavy atom. The summed E-state index contributed by atoms with van der Waals surface area (Å²) >= 11 is 0. The molecule has 0 saturated carbocycles. The van der Waals surface area contributed by atoms with E-state index in [4.69, 9.17) is 4.74 Å². The molecule has 140 valence electrons. The number of pyridine rings is 1. The van der Waals surface area contributed by atoms with E-state index in [0.717, 1.165) is 25.9 Å². The van der Waals surface area contributed by atoms with Crippen molar-refractivity contribution in [1.82, 2.24) is 15.2 Å². The molecule has 6 nitrogen and oxygen atoms in total. The second-order valence-corrected chi connectivity index (χ2v) is 5.87. The zero-order valence-electron chi connectivity index (χ0n) is 14.0. The van der Waals surface area contributed by atoms with Gasteiger partial charge < -0.3 is 14.8 Å². The summed E-state index contributed by atoms with van der Waals surface area (Å²) in [6, 6.07) is 4.15. The molecule has 1 saturated heterocycles. The quantitative estimate of drug-likeness (QED) is 0.803. The molecule has 0 bridgehead atoms. The first kappa shape index (κ1) is 19.5. The van der Waals surface area contributed by atoms with Crippen molar-refractivity contribution >= 4 is 5.91 Å². The van der Waals surface area contributed by atoms with Crippen LogP contribution in [-0.4, -0.2) is 68.0 Å². The number of halogens is 3. The number of amides is 1. The monoisotopic (exact) mass is 361 g/mol. The van der Waals surface area contributed by atoms with E-state index in [-0.39, 0.29) is 17.6 Å². The number of hydrogen-bond donors (Lipinski definition) is 1. The number of carbonyl (C=O) groups is 1. The number of nitrogens with zero attached hydrogens (tertiary/aromatic N) is 2. The Morgan fingerprint density at radius 1 is 1.44 bits per heavy atom. The smallest absolute Gasteiger partial charge is 0.422 e. The molecule has 2 heterocycles. The maximum atomic E-state index is 12.3. The summed E-state index contributed by atoms with van der Waals surface area (Å²) < 4.78 is 46.2. The van der Waals surface area contributed by atoms with E-state index in [1.54, 1.807) is 7.11 Å². The van der Waals surface area contributed by atoms with Gasteiger partial charge in [-0.25, -0.2) is 4.98 Å². The average Bonchev–Trinajstić information content (AvgIpc) is 2.58. The molecule has 1 N–H and O–H groups in total. The SMILES string of the molecule is COCCN1CCCC(NC(=O)c2cccc(OCC(F)(F)F)n2)C1. The molecule has 25 heavy (non-hydrogen) atoms. The molecule has 1 aromatic rings. The Bertz CT molecular complexity index is 569. The molecule has 0 aromatic carbocycles. The first-order valence-corrected chi connectivity index (χ1v) is 8.06. The van der Waals surface area contributed by atoms with Gasteiger partial charge in [-0.3, -0.25) is 9.69 Å². The van der Waals surface area contributed by atoms with Gasteiger partial charge in [0, 0.05) is 32.3 Å². The van der Waals surface area contributed by atoms with E-state index in [2.05, 4.69) is 19.9 Å². The lowest BCUT2D eigenvalue weighted by Gasteiger charge is -2.32. The number of ether oxygens (including phenoxy) is 2. The molecule has 1 aliphatic heterocycles. The van der Waals surface area contributed by atoms with Crippen LogP contribution >= 0.6 is 0 Å². The topological polar surface area (TPSA) is 63.7 Å². The molecule has 0 radical (unpaired) electrons. The number of rotatable bonds is 7. The van der Waals surface area contributed by atoms with Crippen molar-refractivity contribution in [3.63, 3.8) is 0 Å². The summed E-state index contributed by atoms with van der Waals surface area (Å²) in [6.07, 6.45) is -2.65. The van der Waals surface area contributed by atoms with Crippen molar-refractivity contribution in [2.75, 3.05) is 40.0 Å². The fourth-order valence-electron chi connectivity index (χ4n) is 2.63. The normalized spacial score (nSPS) is 18.8. The van der Waals surface area contributed by atoms with E-state index in [1.807, 2.05) is 0 Å². The van der Waals surface area contributed by atoms with Crippen LogP contribution in [0.1, 0.15) is 23.3 Å². The molecule has 0 aliphatic carbocycles. The highest BCUT2D eigenvalue weighted by Gasteiger charge is 2.29. The van der Waals surface area contributed by atoms with Crippen molar-refractivity contribution < 1.29 is 27.4 Å². The first-order valence-electron chi connectivity index (χ1n) is 8.06. The Kier molecular flexibility index (Phi) is 7.01. The molecule has 9 heteroatoms. The number of methoxy groups -OCH3 is 1. The van der Waals surface area contributed by atoms with Crippen LogP contribution < -0.4 is 10.1 Å². The Morgan fingerprint density at radius 2 is 2.24 bits per heavy atom. The van der Waals surface area contributed by atoms with Crippen molar-refractivity contribution in [2.45, 2.75) is 25.1 Å². The van der Waals surface area contributed by atoms with Crippen LogP contribution in [0.4, 0.5) is 13.2 Å². The van der Waals surface area contributed by atoms with Crippen LogP contribution in [0.2, 0.25) is 0 Å². The summed E-state index contributed by atoms with van der Waals surface area (Å²) in [5, 5.41) is 2.88. The number of nitrogens with one attached hydrogen (secondary N) is 1. The number of alkyl halides is 3. The summed E-state index contributed by atoms with van der Waals surface area (Å²) in [4.78, 5) is 18.3. The summed E-state index contributed by atoms with van der Waals surface area (Å²) in [5.74, 6) is -0.647. The third kappa shape index (κ3) is 6.87. The van der Waals surface area contributed by atoms with Crippen LogP contribution in [0, 0.1) is 0 Å². The molecular weight excluding hydrogens is 339 g/mol. The maximum Gasteiger partial charge on any atom is 0.422 e. The van der Waals surface area contributed by atoms with E-state index < -0.39 is 18.7 Å². The van der Waals surface area contributed by atoms with Gasteiger partial charge in [0.15, 0.2) is 6.61 Å². The molecule has 1 unspecified atom stereocenters. The molecular formula is C16H22F3N3O3. The highest BCUT2D eigenvalue weighted by atomic mass is 19.4. The molecule has 1 amide bonds. The largest absolute Gasteiger partial charge is 0.468 e. The minimum absolute atomic E-state index is 0.0281. The minimum Gasteiger partial charge on any atom is -0.468 e. The van der Waals surface area contributed by atoms with Crippen LogP contribution in [0.3, 0.4) is 0 Å². The average molecular weight is 361 g/mol. The van der Waals surface area contributed by atoms with Crippen LogP contribution in [-0.2, 0) is 4.74 Å². The molecule has 0 spiro atoms. The second-order valence-electron chi connectivity index (χ2n) is 5.87. The van der Waals surface area contributed by atoms with E-state index in [1.165, 1.54) is 18.2 Å². The highest BCUT2D eigenvalue weighted by Crippen LogP contribution is 2.17. The van der Waals surface area contributed by atoms with Crippen molar-refractivity contribution in [1.29, 1.82) is 0 Å². The van der Waals surface area contributed by atoms with Gasteiger partial charge in [-0.2, -0.15) is 13.2 Å². The molecule has 1 aromatic heterocycles. The Labute approximate surface area is 144 Å². The number of carbonyl (C=O) groups excluding carboxylic acids is 1. The third-order valence-electron chi connectivity index (χ3n) is 3.79. The van der Waals surface area contributed by atoms with E-state index >= 15 is 0 Å². The van der Waals surface area contributed by atoms with E-state index in [9.17, 15) is 18.0 Å². The van der Waals surface area contributed by atoms with Crippen LogP contribution in [0.5, 0.6) is 5.88 Å². The maximum absolute atomic E-state index is 12.3. The Balaban J connectivity index is 1.89. The highest BCUT2D eigenvalue weighted by molar-refractivity contribution is 5.92. The molecule has 1 atom stereocenters. The third-order valence-corrected chi connectivity index (χ3v) is 3.79.